The average molecular weight is 380 g/mol. The third kappa shape index (κ3) is 4.37. The van der Waals surface area contributed by atoms with Crippen molar-refractivity contribution in [2.24, 2.45) is 5.73 Å². The van der Waals surface area contributed by atoms with Crippen molar-refractivity contribution in [2.45, 2.75) is 6.42 Å². The molecule has 1 aromatic rings. The van der Waals surface area contributed by atoms with Gasteiger partial charge in [-0.05, 0) is 34.1 Å². The highest BCUT2D eigenvalue weighted by Gasteiger charge is 2.14. The van der Waals surface area contributed by atoms with Crippen LogP contribution in [0, 0.1) is 0 Å². The summed E-state index contributed by atoms with van der Waals surface area (Å²) in [5, 5.41) is 0. The van der Waals surface area contributed by atoms with Crippen LogP contribution in [0.25, 0.3) is 0 Å². The van der Waals surface area contributed by atoms with E-state index in [0.717, 1.165) is 8.95 Å². The van der Waals surface area contributed by atoms with E-state index < -0.39 is 0 Å². The number of hydrogen-bond acceptors (Lipinski definition) is 2. The van der Waals surface area contributed by atoms with Crippen LogP contribution >= 0.6 is 44.1 Å². The predicted molar refractivity (Wildman–Crippen MR) is 80.2 cm³/mol. The highest BCUT2D eigenvalue weighted by Crippen LogP contribution is 2.22. The molecule has 0 atom stereocenters. The molecule has 0 heterocycles. The molecule has 17 heavy (non-hydrogen) atoms. The van der Waals surface area contributed by atoms with E-state index in [9.17, 15) is 4.79 Å². The van der Waals surface area contributed by atoms with Crippen molar-refractivity contribution in [2.75, 3.05) is 13.6 Å². The van der Waals surface area contributed by atoms with Gasteiger partial charge in [0.05, 0.1) is 10.6 Å². The van der Waals surface area contributed by atoms with Gasteiger partial charge in [-0.3, -0.25) is 4.79 Å². The highest BCUT2D eigenvalue weighted by molar-refractivity contribution is 9.11. The third-order valence-corrected chi connectivity index (χ3v) is 3.56. The second-order valence-corrected chi connectivity index (χ2v) is 5.86. The minimum atomic E-state index is -0.0550. The van der Waals surface area contributed by atoms with Gasteiger partial charge in [-0.2, -0.15) is 0 Å². The number of halogens is 2. The van der Waals surface area contributed by atoms with Gasteiger partial charge in [-0.1, -0.05) is 28.1 Å². The minimum absolute atomic E-state index is 0.0550. The molecule has 0 aliphatic rings. The van der Waals surface area contributed by atoms with Crippen LogP contribution in [0.15, 0.2) is 27.1 Å². The molecule has 6 heteroatoms. The lowest BCUT2D eigenvalue weighted by molar-refractivity contribution is 0.0798. The van der Waals surface area contributed by atoms with Crippen LogP contribution in [0.3, 0.4) is 0 Å². The van der Waals surface area contributed by atoms with Gasteiger partial charge in [0.25, 0.3) is 5.91 Å². The first-order valence-corrected chi connectivity index (χ1v) is 6.90. The maximum absolute atomic E-state index is 12.1. The first-order chi connectivity index (χ1) is 7.91. The zero-order valence-electron chi connectivity index (χ0n) is 9.24. The summed E-state index contributed by atoms with van der Waals surface area (Å²) in [6, 6.07) is 5.45. The smallest absolute Gasteiger partial charge is 0.254 e. The molecular weight excluding hydrogens is 368 g/mol. The molecule has 1 aromatic carbocycles. The van der Waals surface area contributed by atoms with Crippen molar-refractivity contribution >= 4 is 55.0 Å². The van der Waals surface area contributed by atoms with Crippen molar-refractivity contribution < 1.29 is 4.79 Å². The largest absolute Gasteiger partial charge is 0.393 e. The Kier molecular flexibility index (Phi) is 5.55. The number of rotatable bonds is 4. The second-order valence-electron chi connectivity index (χ2n) is 3.57. The number of benzene rings is 1. The molecule has 0 aromatic heterocycles. The Morgan fingerprint density at radius 3 is 2.65 bits per heavy atom. The average Bonchev–Trinajstić information content (AvgIpc) is 2.25. The van der Waals surface area contributed by atoms with Crippen molar-refractivity contribution in [3.63, 3.8) is 0 Å². The van der Waals surface area contributed by atoms with E-state index in [1.54, 1.807) is 18.0 Å². The zero-order valence-corrected chi connectivity index (χ0v) is 13.2. The first kappa shape index (κ1) is 14.6. The number of carbonyl (C=O) groups is 1. The molecule has 3 nitrogen and oxygen atoms in total. The van der Waals surface area contributed by atoms with E-state index in [0.29, 0.717) is 23.5 Å². The van der Waals surface area contributed by atoms with Gasteiger partial charge in [0.15, 0.2) is 0 Å². The van der Waals surface area contributed by atoms with Gasteiger partial charge < -0.3 is 10.6 Å². The van der Waals surface area contributed by atoms with E-state index in [1.165, 1.54) is 0 Å². The zero-order chi connectivity index (χ0) is 13.0. The molecule has 0 unspecified atom stereocenters. The SMILES string of the molecule is CN(CCC(N)=S)C(=O)c1ccc(Br)cc1Br. The number of carbonyl (C=O) groups excluding carboxylic acids is 1. The van der Waals surface area contributed by atoms with E-state index in [2.05, 4.69) is 31.9 Å². The number of hydrogen-bond donors (Lipinski definition) is 1. The van der Waals surface area contributed by atoms with E-state index in [4.69, 9.17) is 18.0 Å². The molecule has 2 N–H and O–H groups in total. The molecule has 92 valence electrons. The molecule has 0 fully saturated rings. The summed E-state index contributed by atoms with van der Waals surface area (Å²) < 4.78 is 1.69. The van der Waals surface area contributed by atoms with Crippen LogP contribution in [-0.4, -0.2) is 29.4 Å². The molecule has 0 bridgehead atoms. The Morgan fingerprint density at radius 2 is 2.12 bits per heavy atom. The molecule has 0 saturated heterocycles. The molecule has 0 aliphatic carbocycles. The van der Waals surface area contributed by atoms with Crippen LogP contribution < -0.4 is 5.73 Å². The Bertz CT molecular complexity index is 451. The van der Waals surface area contributed by atoms with Crippen LogP contribution in [0.2, 0.25) is 0 Å². The Hall–Kier alpha value is -0.460. The standard InChI is InChI=1S/C11H12Br2N2OS/c1-15(5-4-10(14)17)11(16)8-3-2-7(12)6-9(8)13/h2-3,6H,4-5H2,1H3,(H2,14,17). The normalized spacial score (nSPS) is 10.1. The maximum atomic E-state index is 12.1. The number of nitrogens with zero attached hydrogens (tertiary/aromatic N) is 1. The van der Waals surface area contributed by atoms with Crippen LogP contribution in [0.5, 0.6) is 0 Å². The van der Waals surface area contributed by atoms with Crippen molar-refractivity contribution in [1.29, 1.82) is 0 Å². The second kappa shape index (κ2) is 6.47. The van der Waals surface area contributed by atoms with Crippen molar-refractivity contribution in [3.05, 3.63) is 32.7 Å². The maximum Gasteiger partial charge on any atom is 0.254 e. The quantitative estimate of drug-likeness (QED) is 0.818. The van der Waals surface area contributed by atoms with E-state index in [1.807, 2.05) is 12.1 Å². The molecule has 0 saturated carbocycles. The fourth-order valence-corrected chi connectivity index (χ4v) is 2.56. The molecule has 1 amide bonds. The lowest BCUT2D eigenvalue weighted by Crippen LogP contribution is -2.30. The van der Waals surface area contributed by atoms with Gasteiger partial charge in [-0.25, -0.2) is 0 Å². The van der Waals surface area contributed by atoms with Crippen LogP contribution in [0.4, 0.5) is 0 Å². The molecule has 1 rings (SSSR count). The summed E-state index contributed by atoms with van der Waals surface area (Å²) in [7, 11) is 1.73. The number of nitrogens with two attached hydrogens (primary N) is 1. The Balaban J connectivity index is 2.78. The van der Waals surface area contributed by atoms with E-state index >= 15 is 0 Å². The van der Waals surface area contributed by atoms with Crippen LogP contribution in [0.1, 0.15) is 16.8 Å². The third-order valence-electron chi connectivity index (χ3n) is 2.20. The summed E-state index contributed by atoms with van der Waals surface area (Å²) in [6.45, 7) is 0.524. The minimum Gasteiger partial charge on any atom is -0.393 e. The van der Waals surface area contributed by atoms with Gasteiger partial charge in [0.1, 0.15) is 0 Å². The van der Waals surface area contributed by atoms with Crippen LogP contribution in [-0.2, 0) is 0 Å². The summed E-state index contributed by atoms with van der Waals surface area (Å²) in [5.41, 5.74) is 6.03. The molecular formula is C11H12Br2N2OS. The summed E-state index contributed by atoms with van der Waals surface area (Å²) >= 11 is 11.5. The number of amides is 1. The highest BCUT2D eigenvalue weighted by atomic mass is 79.9. The number of thiocarbonyl (C=S) groups is 1. The lowest BCUT2D eigenvalue weighted by Gasteiger charge is -2.17. The summed E-state index contributed by atoms with van der Waals surface area (Å²) in [5.74, 6) is -0.0550. The van der Waals surface area contributed by atoms with Gasteiger partial charge >= 0.3 is 0 Å². The van der Waals surface area contributed by atoms with Crippen molar-refractivity contribution in [3.8, 4) is 0 Å². The predicted octanol–water partition coefficient (Wildman–Crippen LogP) is 2.96. The van der Waals surface area contributed by atoms with Gasteiger partial charge in [-0.15, -0.1) is 0 Å². The molecule has 0 spiro atoms. The Morgan fingerprint density at radius 1 is 1.47 bits per heavy atom. The van der Waals surface area contributed by atoms with Gasteiger partial charge in [0, 0.05) is 29.0 Å². The summed E-state index contributed by atoms with van der Waals surface area (Å²) in [6.07, 6.45) is 0.533. The Labute approximate surface area is 123 Å². The fraction of sp³-hybridized carbons (Fsp3) is 0.273. The monoisotopic (exact) mass is 378 g/mol. The van der Waals surface area contributed by atoms with E-state index in [-0.39, 0.29) is 5.91 Å². The topological polar surface area (TPSA) is 46.3 Å². The summed E-state index contributed by atoms with van der Waals surface area (Å²) in [4.78, 5) is 14.1. The lowest BCUT2D eigenvalue weighted by atomic mass is 10.2. The fourth-order valence-electron chi connectivity index (χ4n) is 1.25. The van der Waals surface area contributed by atoms with Crippen molar-refractivity contribution in [1.82, 2.24) is 4.90 Å². The first-order valence-electron chi connectivity index (χ1n) is 4.90. The van der Waals surface area contributed by atoms with Gasteiger partial charge in [0.2, 0.25) is 0 Å². The molecule has 0 aliphatic heterocycles. The molecule has 0 radical (unpaired) electrons.